The number of hydrogen-bond donors (Lipinski definition) is 2. The Morgan fingerprint density at radius 1 is 1.62 bits per heavy atom. The summed E-state index contributed by atoms with van der Waals surface area (Å²) in [5, 5.41) is 11.2. The van der Waals surface area contributed by atoms with E-state index in [2.05, 4.69) is 11.9 Å². The Morgan fingerprint density at radius 2 is 2.38 bits per heavy atom. The molecule has 2 rings (SSSR count). The summed E-state index contributed by atoms with van der Waals surface area (Å²) in [5.41, 5.74) is 5.66. The highest BCUT2D eigenvalue weighted by Crippen LogP contribution is 2.41. The SMILES string of the molecule is CC1CCCC(O)(c2cc(Cl)cnc2N)C1. The molecule has 0 spiro atoms. The Morgan fingerprint density at radius 3 is 3.06 bits per heavy atom. The first kappa shape index (κ1) is 11.7. The molecule has 1 aromatic rings. The zero-order valence-corrected chi connectivity index (χ0v) is 10.2. The fourth-order valence-electron chi connectivity index (χ4n) is 2.59. The third-order valence-electron chi connectivity index (χ3n) is 3.36. The summed E-state index contributed by atoms with van der Waals surface area (Å²) in [6, 6.07) is 1.74. The predicted molar refractivity (Wildman–Crippen MR) is 65.2 cm³/mol. The van der Waals surface area contributed by atoms with Crippen LogP contribution in [0.15, 0.2) is 12.3 Å². The minimum absolute atomic E-state index is 0.390. The van der Waals surface area contributed by atoms with Gasteiger partial charge in [-0.25, -0.2) is 4.98 Å². The maximum atomic E-state index is 10.6. The Labute approximate surface area is 101 Å². The smallest absolute Gasteiger partial charge is 0.129 e. The molecule has 0 aromatic carbocycles. The van der Waals surface area contributed by atoms with Crippen LogP contribution in [0, 0.1) is 5.92 Å². The van der Waals surface area contributed by atoms with Crippen molar-refractivity contribution in [2.24, 2.45) is 5.92 Å². The minimum atomic E-state index is -0.848. The maximum absolute atomic E-state index is 10.6. The average molecular weight is 241 g/mol. The standard InChI is InChI=1S/C12H17ClN2O/c1-8-3-2-4-12(16,6-8)10-5-9(13)7-15-11(10)14/h5,7-8,16H,2-4,6H2,1H3,(H2,14,15). The van der Waals surface area contributed by atoms with Gasteiger partial charge in [0.1, 0.15) is 5.82 Å². The zero-order chi connectivity index (χ0) is 11.8. The van der Waals surface area contributed by atoms with Crippen LogP contribution < -0.4 is 5.73 Å². The van der Waals surface area contributed by atoms with Gasteiger partial charge in [0.15, 0.2) is 0 Å². The first-order chi connectivity index (χ1) is 7.51. The molecule has 1 fully saturated rings. The highest BCUT2D eigenvalue weighted by atomic mass is 35.5. The van der Waals surface area contributed by atoms with Gasteiger partial charge in [0.2, 0.25) is 0 Å². The molecule has 3 N–H and O–H groups in total. The van der Waals surface area contributed by atoms with E-state index in [9.17, 15) is 5.11 Å². The highest BCUT2D eigenvalue weighted by molar-refractivity contribution is 6.30. The van der Waals surface area contributed by atoms with Gasteiger partial charge in [0, 0.05) is 11.8 Å². The Balaban J connectivity index is 2.37. The molecule has 2 unspecified atom stereocenters. The molecule has 4 heteroatoms. The van der Waals surface area contributed by atoms with Gasteiger partial charge in [-0.3, -0.25) is 0 Å². The number of nitrogen functional groups attached to an aromatic ring is 1. The van der Waals surface area contributed by atoms with E-state index in [4.69, 9.17) is 17.3 Å². The molecule has 16 heavy (non-hydrogen) atoms. The van der Waals surface area contributed by atoms with Crippen LogP contribution in [0.25, 0.3) is 0 Å². The summed E-state index contributed by atoms with van der Waals surface area (Å²) in [5.74, 6) is 0.901. The molecule has 0 radical (unpaired) electrons. The van der Waals surface area contributed by atoms with Crippen LogP contribution in [0.5, 0.6) is 0 Å². The van der Waals surface area contributed by atoms with Crippen LogP contribution in [-0.4, -0.2) is 10.1 Å². The summed E-state index contributed by atoms with van der Waals surface area (Å²) >= 11 is 5.91. The number of aliphatic hydroxyl groups is 1. The zero-order valence-electron chi connectivity index (χ0n) is 9.41. The first-order valence-electron chi connectivity index (χ1n) is 5.65. The van der Waals surface area contributed by atoms with Crippen molar-refractivity contribution in [3.8, 4) is 0 Å². The van der Waals surface area contributed by atoms with Crippen molar-refractivity contribution in [1.82, 2.24) is 4.98 Å². The third-order valence-corrected chi connectivity index (χ3v) is 3.57. The summed E-state index contributed by atoms with van der Waals surface area (Å²) < 4.78 is 0. The summed E-state index contributed by atoms with van der Waals surface area (Å²) in [6.45, 7) is 2.15. The van der Waals surface area contributed by atoms with E-state index >= 15 is 0 Å². The van der Waals surface area contributed by atoms with Crippen LogP contribution in [0.4, 0.5) is 5.82 Å². The molecule has 1 aliphatic rings. The van der Waals surface area contributed by atoms with Crippen molar-refractivity contribution in [3.05, 3.63) is 22.8 Å². The van der Waals surface area contributed by atoms with Gasteiger partial charge in [0.05, 0.1) is 10.6 Å². The van der Waals surface area contributed by atoms with E-state index in [1.54, 1.807) is 6.07 Å². The molecule has 3 nitrogen and oxygen atoms in total. The van der Waals surface area contributed by atoms with Gasteiger partial charge in [-0.05, 0) is 31.2 Å². The Kier molecular flexibility index (Phi) is 3.08. The van der Waals surface area contributed by atoms with Crippen LogP contribution in [-0.2, 0) is 5.60 Å². The van der Waals surface area contributed by atoms with Crippen molar-refractivity contribution < 1.29 is 5.11 Å². The lowest BCUT2D eigenvalue weighted by Crippen LogP contribution is -2.33. The topological polar surface area (TPSA) is 59.1 Å². The van der Waals surface area contributed by atoms with E-state index in [-0.39, 0.29) is 0 Å². The molecule has 1 aliphatic carbocycles. The van der Waals surface area contributed by atoms with Crippen molar-refractivity contribution in [1.29, 1.82) is 0 Å². The van der Waals surface area contributed by atoms with E-state index in [1.807, 2.05) is 0 Å². The minimum Gasteiger partial charge on any atom is -0.385 e. The second-order valence-corrected chi connectivity index (χ2v) is 5.26. The van der Waals surface area contributed by atoms with Gasteiger partial charge in [-0.1, -0.05) is 24.9 Å². The first-order valence-corrected chi connectivity index (χ1v) is 6.03. The number of rotatable bonds is 1. The number of nitrogens with two attached hydrogens (primary N) is 1. The molecule has 2 atom stereocenters. The van der Waals surface area contributed by atoms with Crippen molar-refractivity contribution >= 4 is 17.4 Å². The Hall–Kier alpha value is -0.800. The lowest BCUT2D eigenvalue weighted by atomic mass is 9.75. The molecule has 0 aliphatic heterocycles. The van der Waals surface area contributed by atoms with Gasteiger partial charge in [0.25, 0.3) is 0 Å². The normalized spacial score (nSPS) is 30.3. The fraction of sp³-hybridized carbons (Fsp3) is 0.583. The largest absolute Gasteiger partial charge is 0.385 e. The van der Waals surface area contributed by atoms with E-state index in [0.717, 1.165) is 25.7 Å². The van der Waals surface area contributed by atoms with Gasteiger partial charge < -0.3 is 10.8 Å². The van der Waals surface area contributed by atoms with Crippen LogP contribution in [0.2, 0.25) is 5.02 Å². The molecule has 1 heterocycles. The second-order valence-electron chi connectivity index (χ2n) is 4.82. The van der Waals surface area contributed by atoms with Crippen LogP contribution in [0.1, 0.15) is 38.2 Å². The molecule has 1 aromatic heterocycles. The van der Waals surface area contributed by atoms with Crippen LogP contribution >= 0.6 is 11.6 Å². The summed E-state index contributed by atoms with van der Waals surface area (Å²) in [4.78, 5) is 4.01. The monoisotopic (exact) mass is 240 g/mol. The molecular weight excluding hydrogens is 224 g/mol. The van der Waals surface area contributed by atoms with E-state index in [0.29, 0.717) is 22.3 Å². The molecule has 0 amide bonds. The van der Waals surface area contributed by atoms with Crippen molar-refractivity contribution in [2.75, 3.05) is 5.73 Å². The second kappa shape index (κ2) is 4.22. The van der Waals surface area contributed by atoms with E-state index in [1.165, 1.54) is 6.20 Å². The van der Waals surface area contributed by atoms with Gasteiger partial charge in [-0.15, -0.1) is 0 Å². The Bertz CT molecular complexity index is 397. The highest BCUT2D eigenvalue weighted by Gasteiger charge is 2.36. The number of pyridine rings is 1. The predicted octanol–water partition coefficient (Wildman–Crippen LogP) is 2.71. The molecular formula is C12H17ClN2O. The molecule has 0 saturated heterocycles. The molecule has 88 valence electrons. The maximum Gasteiger partial charge on any atom is 0.129 e. The van der Waals surface area contributed by atoms with Crippen molar-refractivity contribution in [3.63, 3.8) is 0 Å². The average Bonchev–Trinajstić information content (AvgIpc) is 2.21. The lowest BCUT2D eigenvalue weighted by Gasteiger charge is -2.36. The van der Waals surface area contributed by atoms with Gasteiger partial charge >= 0.3 is 0 Å². The third kappa shape index (κ3) is 2.15. The van der Waals surface area contributed by atoms with Crippen molar-refractivity contribution in [2.45, 2.75) is 38.2 Å². The summed E-state index contributed by atoms with van der Waals surface area (Å²) in [7, 11) is 0. The van der Waals surface area contributed by atoms with Crippen LogP contribution in [0.3, 0.4) is 0 Å². The number of nitrogens with zero attached hydrogens (tertiary/aromatic N) is 1. The number of anilines is 1. The van der Waals surface area contributed by atoms with E-state index < -0.39 is 5.60 Å². The number of halogens is 1. The quantitative estimate of drug-likeness (QED) is 0.794. The molecule has 1 saturated carbocycles. The summed E-state index contributed by atoms with van der Waals surface area (Å²) in [6.07, 6.45) is 5.17. The molecule has 0 bridgehead atoms. The number of aromatic nitrogens is 1. The van der Waals surface area contributed by atoms with Gasteiger partial charge in [-0.2, -0.15) is 0 Å². The fourth-order valence-corrected chi connectivity index (χ4v) is 2.75. The number of hydrogen-bond acceptors (Lipinski definition) is 3. The lowest BCUT2D eigenvalue weighted by molar-refractivity contribution is -0.0174.